The van der Waals surface area contributed by atoms with Crippen molar-refractivity contribution in [3.05, 3.63) is 56.0 Å². The molecule has 0 aliphatic heterocycles. The van der Waals surface area contributed by atoms with Gasteiger partial charge in [-0.1, -0.05) is 6.07 Å². The lowest BCUT2D eigenvalue weighted by Crippen LogP contribution is -2.33. The Morgan fingerprint density at radius 2 is 1.89 bits per heavy atom. The zero-order chi connectivity index (χ0) is 20.4. The van der Waals surface area contributed by atoms with Crippen molar-refractivity contribution >= 4 is 44.3 Å². The summed E-state index contributed by atoms with van der Waals surface area (Å²) in [5, 5.41) is 0. The lowest BCUT2D eigenvalue weighted by molar-refractivity contribution is -0.155. The Balaban J connectivity index is 2.34. The van der Waals surface area contributed by atoms with Crippen LogP contribution in [-0.2, 0) is 26.1 Å². The summed E-state index contributed by atoms with van der Waals surface area (Å²) in [5.41, 5.74) is -0.917. The fraction of sp³-hybridized carbons (Fsp3) is 0.333. The first-order chi connectivity index (χ1) is 12.4. The fourth-order valence-corrected chi connectivity index (χ4v) is 4.14. The van der Waals surface area contributed by atoms with Crippen LogP contribution in [0, 0.1) is 10.5 Å². The summed E-state index contributed by atoms with van der Waals surface area (Å²) in [7, 11) is -3.93. The highest BCUT2D eigenvalue weighted by molar-refractivity contribution is 14.1. The average Bonchev–Trinajstić information content (AvgIpc) is 2.52. The Labute approximate surface area is 171 Å². The molecule has 1 aromatic carbocycles. The van der Waals surface area contributed by atoms with E-state index in [4.69, 9.17) is 4.74 Å². The minimum atomic E-state index is -3.93. The van der Waals surface area contributed by atoms with Crippen LogP contribution in [0.2, 0.25) is 0 Å². The number of aryl methyl sites for hydroxylation is 1. The number of esters is 1. The molecule has 2 rings (SSSR count). The summed E-state index contributed by atoms with van der Waals surface area (Å²) in [6.45, 7) is 6.54. The number of ether oxygens (including phenoxy) is 1. The van der Waals surface area contributed by atoms with Gasteiger partial charge in [0.2, 0.25) is 0 Å². The summed E-state index contributed by atoms with van der Waals surface area (Å²) < 4.78 is 34.6. The highest BCUT2D eigenvalue weighted by atomic mass is 127. The zero-order valence-electron chi connectivity index (χ0n) is 15.4. The van der Waals surface area contributed by atoms with Gasteiger partial charge in [-0.25, -0.2) is 8.42 Å². The van der Waals surface area contributed by atoms with Gasteiger partial charge in [0, 0.05) is 9.26 Å². The standard InChI is InChI=1S/C18H21IN2O5S/c1-12-8-9-15(17(23)21(12)11-16(22)26-18(2,3)4)20-27(24,25)14-7-5-6-13(19)10-14/h5-10,20H,11H2,1-4H3. The Morgan fingerprint density at radius 1 is 1.22 bits per heavy atom. The van der Waals surface area contributed by atoms with Gasteiger partial charge in [0.05, 0.1) is 4.90 Å². The van der Waals surface area contributed by atoms with E-state index in [0.29, 0.717) is 5.69 Å². The van der Waals surface area contributed by atoms with Crippen molar-refractivity contribution in [2.45, 2.75) is 44.7 Å². The summed E-state index contributed by atoms with van der Waals surface area (Å²) >= 11 is 2.01. The third-order valence-corrected chi connectivity index (χ3v) is 5.48. The molecular formula is C18H21IN2O5S. The number of sulfonamides is 1. The van der Waals surface area contributed by atoms with Gasteiger partial charge >= 0.3 is 5.97 Å². The number of aromatic nitrogens is 1. The van der Waals surface area contributed by atoms with E-state index in [9.17, 15) is 18.0 Å². The second-order valence-corrected chi connectivity index (χ2v) is 9.86. The number of nitrogens with one attached hydrogen (secondary N) is 1. The maximum atomic E-state index is 12.7. The molecule has 0 spiro atoms. The van der Waals surface area contributed by atoms with Gasteiger partial charge in [-0.2, -0.15) is 0 Å². The molecule has 27 heavy (non-hydrogen) atoms. The molecular weight excluding hydrogens is 483 g/mol. The lowest BCUT2D eigenvalue weighted by atomic mass is 10.2. The van der Waals surface area contributed by atoms with Crippen LogP contribution in [0.25, 0.3) is 0 Å². The highest BCUT2D eigenvalue weighted by Gasteiger charge is 2.20. The largest absolute Gasteiger partial charge is 0.459 e. The molecule has 0 radical (unpaired) electrons. The number of hydrogen-bond donors (Lipinski definition) is 1. The summed E-state index contributed by atoms with van der Waals surface area (Å²) in [5.74, 6) is -0.578. The van der Waals surface area contributed by atoms with E-state index in [0.717, 1.165) is 3.57 Å². The van der Waals surface area contributed by atoms with Crippen molar-refractivity contribution in [2.24, 2.45) is 0 Å². The van der Waals surface area contributed by atoms with Gasteiger partial charge in [-0.05, 0) is 80.6 Å². The molecule has 0 saturated heterocycles. The molecule has 0 fully saturated rings. The molecule has 0 amide bonds. The quantitative estimate of drug-likeness (QED) is 0.500. The van der Waals surface area contributed by atoms with Crippen molar-refractivity contribution < 1.29 is 17.9 Å². The number of carbonyl (C=O) groups is 1. The van der Waals surface area contributed by atoms with Gasteiger partial charge < -0.3 is 4.74 Å². The predicted molar refractivity (Wildman–Crippen MR) is 111 cm³/mol. The van der Waals surface area contributed by atoms with Crippen molar-refractivity contribution in [1.82, 2.24) is 4.57 Å². The number of carbonyl (C=O) groups excluding carboxylic acids is 1. The second-order valence-electron chi connectivity index (χ2n) is 6.93. The first-order valence-electron chi connectivity index (χ1n) is 8.10. The van der Waals surface area contributed by atoms with Crippen molar-refractivity contribution in [1.29, 1.82) is 0 Å². The Morgan fingerprint density at radius 3 is 2.48 bits per heavy atom. The monoisotopic (exact) mass is 504 g/mol. The topological polar surface area (TPSA) is 94.5 Å². The van der Waals surface area contributed by atoms with Crippen LogP contribution in [0.4, 0.5) is 5.69 Å². The van der Waals surface area contributed by atoms with Crippen LogP contribution in [0.5, 0.6) is 0 Å². The van der Waals surface area contributed by atoms with Crippen LogP contribution >= 0.6 is 22.6 Å². The molecule has 0 aliphatic rings. The van der Waals surface area contributed by atoms with Crippen molar-refractivity contribution in [2.75, 3.05) is 4.72 Å². The van der Waals surface area contributed by atoms with Crippen LogP contribution < -0.4 is 10.3 Å². The number of hydrogen-bond acceptors (Lipinski definition) is 5. The van der Waals surface area contributed by atoms with E-state index in [1.165, 1.54) is 22.8 Å². The molecule has 0 saturated carbocycles. The average molecular weight is 504 g/mol. The Bertz CT molecular complexity index is 1020. The molecule has 7 nitrogen and oxygen atoms in total. The van der Waals surface area contributed by atoms with Gasteiger partial charge in [-0.15, -0.1) is 0 Å². The maximum Gasteiger partial charge on any atom is 0.326 e. The van der Waals surface area contributed by atoms with E-state index in [-0.39, 0.29) is 17.1 Å². The van der Waals surface area contributed by atoms with E-state index < -0.39 is 27.2 Å². The highest BCUT2D eigenvalue weighted by Crippen LogP contribution is 2.17. The fourth-order valence-electron chi connectivity index (χ4n) is 2.29. The van der Waals surface area contributed by atoms with Crippen LogP contribution in [-0.4, -0.2) is 24.6 Å². The predicted octanol–water partition coefficient (Wildman–Crippen LogP) is 2.90. The number of anilines is 1. The molecule has 9 heteroatoms. The molecule has 1 aromatic heterocycles. The Hall–Kier alpha value is -1.88. The van der Waals surface area contributed by atoms with Gasteiger partial charge in [0.25, 0.3) is 15.6 Å². The molecule has 1 N–H and O–H groups in total. The molecule has 146 valence electrons. The van der Waals surface area contributed by atoms with Crippen LogP contribution in [0.15, 0.2) is 46.1 Å². The van der Waals surface area contributed by atoms with E-state index in [1.807, 2.05) is 22.6 Å². The first kappa shape index (κ1) is 21.4. The van der Waals surface area contributed by atoms with Gasteiger partial charge in [-0.3, -0.25) is 18.9 Å². The third-order valence-electron chi connectivity index (χ3n) is 3.45. The third kappa shape index (κ3) is 5.80. The van der Waals surface area contributed by atoms with Gasteiger partial charge in [0.15, 0.2) is 0 Å². The van der Waals surface area contributed by atoms with Crippen molar-refractivity contribution in [3.8, 4) is 0 Å². The minimum Gasteiger partial charge on any atom is -0.459 e. The second kappa shape index (κ2) is 8.01. The van der Waals surface area contributed by atoms with E-state index in [1.54, 1.807) is 45.9 Å². The first-order valence-corrected chi connectivity index (χ1v) is 10.7. The summed E-state index contributed by atoms with van der Waals surface area (Å²) in [6.07, 6.45) is 0. The summed E-state index contributed by atoms with van der Waals surface area (Å²) in [6, 6.07) is 9.27. The number of benzene rings is 1. The molecule has 0 atom stereocenters. The zero-order valence-corrected chi connectivity index (χ0v) is 18.4. The maximum absolute atomic E-state index is 12.7. The molecule has 2 aromatic rings. The summed E-state index contributed by atoms with van der Waals surface area (Å²) in [4.78, 5) is 24.8. The van der Waals surface area contributed by atoms with Crippen molar-refractivity contribution in [3.63, 3.8) is 0 Å². The van der Waals surface area contributed by atoms with E-state index >= 15 is 0 Å². The number of nitrogens with zero attached hydrogens (tertiary/aromatic N) is 1. The number of halogens is 1. The lowest BCUT2D eigenvalue weighted by Gasteiger charge is -2.20. The molecule has 0 unspecified atom stereocenters. The SMILES string of the molecule is Cc1ccc(NS(=O)(=O)c2cccc(I)c2)c(=O)n1CC(=O)OC(C)(C)C. The smallest absolute Gasteiger partial charge is 0.326 e. The van der Waals surface area contributed by atoms with Gasteiger partial charge in [0.1, 0.15) is 17.8 Å². The normalized spacial score (nSPS) is 11.9. The molecule has 0 aliphatic carbocycles. The van der Waals surface area contributed by atoms with Crippen LogP contribution in [0.3, 0.4) is 0 Å². The Kier molecular flexibility index (Phi) is 6.35. The number of pyridine rings is 1. The van der Waals surface area contributed by atoms with E-state index in [2.05, 4.69) is 4.72 Å². The minimum absolute atomic E-state index is 0.0491. The molecule has 1 heterocycles. The molecule has 0 bridgehead atoms. The van der Waals surface area contributed by atoms with Crippen LogP contribution in [0.1, 0.15) is 26.5 Å². The number of rotatable bonds is 5.